The Labute approximate surface area is 164 Å². The van der Waals surface area contributed by atoms with E-state index >= 15 is 0 Å². The zero-order valence-corrected chi connectivity index (χ0v) is 15.8. The van der Waals surface area contributed by atoms with Gasteiger partial charge in [-0.2, -0.15) is 0 Å². The maximum Gasteiger partial charge on any atom is 0.223 e. The monoisotopic (exact) mass is 385 g/mol. The molecule has 148 valence electrons. The summed E-state index contributed by atoms with van der Waals surface area (Å²) in [6, 6.07) is 10.0. The Bertz CT molecular complexity index is 818. The van der Waals surface area contributed by atoms with Crippen LogP contribution in [0.2, 0.25) is 0 Å². The van der Waals surface area contributed by atoms with Gasteiger partial charge in [0.1, 0.15) is 0 Å². The molecule has 2 aliphatic rings. The molecule has 2 fully saturated rings. The highest BCUT2D eigenvalue weighted by atomic mass is 19.2. The first-order chi connectivity index (χ1) is 13.6. The summed E-state index contributed by atoms with van der Waals surface area (Å²) >= 11 is 0. The lowest BCUT2D eigenvalue weighted by molar-refractivity contribution is -0.123. The van der Waals surface area contributed by atoms with E-state index in [9.17, 15) is 13.6 Å². The van der Waals surface area contributed by atoms with Crippen LogP contribution in [0.25, 0.3) is 0 Å². The number of piperidine rings is 1. The number of nitrogens with one attached hydrogen (secondary N) is 1. The molecule has 0 radical (unpaired) electrons. The normalized spacial score (nSPS) is 19.4. The van der Waals surface area contributed by atoms with Crippen LogP contribution in [-0.4, -0.2) is 28.9 Å². The third kappa shape index (κ3) is 4.38. The van der Waals surface area contributed by atoms with Crippen LogP contribution in [0.4, 0.5) is 8.78 Å². The van der Waals surface area contributed by atoms with Gasteiger partial charge in [0.25, 0.3) is 0 Å². The average molecular weight is 385 g/mol. The highest BCUT2D eigenvalue weighted by Crippen LogP contribution is 2.34. The molecule has 1 N–H and O–H groups in total. The highest BCUT2D eigenvalue weighted by molar-refractivity contribution is 5.81. The first kappa shape index (κ1) is 19.0. The Morgan fingerprint density at radius 3 is 2.57 bits per heavy atom. The topological polar surface area (TPSA) is 45.2 Å². The lowest BCUT2D eigenvalue weighted by Gasteiger charge is -2.36. The van der Waals surface area contributed by atoms with Gasteiger partial charge in [0.15, 0.2) is 11.6 Å². The summed E-state index contributed by atoms with van der Waals surface area (Å²) in [4.78, 5) is 19.0. The van der Waals surface area contributed by atoms with Crippen LogP contribution in [-0.2, 0) is 11.3 Å². The highest BCUT2D eigenvalue weighted by Gasteiger charge is 2.35. The number of nitrogens with zero attached hydrogens (tertiary/aromatic N) is 2. The van der Waals surface area contributed by atoms with E-state index < -0.39 is 11.6 Å². The second kappa shape index (κ2) is 8.35. The predicted octanol–water partition coefficient (Wildman–Crippen LogP) is 3.84. The van der Waals surface area contributed by atoms with Crippen LogP contribution in [0, 0.1) is 23.5 Å². The smallest absolute Gasteiger partial charge is 0.223 e. The van der Waals surface area contributed by atoms with Gasteiger partial charge in [0.2, 0.25) is 5.91 Å². The molecule has 1 aliphatic heterocycles. The van der Waals surface area contributed by atoms with Gasteiger partial charge in [-0.3, -0.25) is 14.7 Å². The van der Waals surface area contributed by atoms with Crippen molar-refractivity contribution in [2.75, 3.05) is 13.1 Å². The number of benzene rings is 1. The molecule has 1 unspecified atom stereocenters. The zero-order valence-electron chi connectivity index (χ0n) is 15.8. The van der Waals surface area contributed by atoms with Gasteiger partial charge in [-0.25, -0.2) is 8.78 Å². The fourth-order valence-corrected chi connectivity index (χ4v) is 3.97. The van der Waals surface area contributed by atoms with Crippen LogP contribution in [0.3, 0.4) is 0 Å². The van der Waals surface area contributed by atoms with Gasteiger partial charge in [0.05, 0.1) is 11.7 Å². The van der Waals surface area contributed by atoms with Gasteiger partial charge >= 0.3 is 0 Å². The Hall–Kier alpha value is -2.34. The molecule has 1 atom stereocenters. The molecule has 4 nitrogen and oxygen atoms in total. The zero-order chi connectivity index (χ0) is 19.5. The molecule has 2 aromatic rings. The summed E-state index contributed by atoms with van der Waals surface area (Å²) < 4.78 is 27.4. The molecule has 2 heterocycles. The Kier molecular flexibility index (Phi) is 5.67. The summed E-state index contributed by atoms with van der Waals surface area (Å²) in [7, 11) is 0. The SMILES string of the molecule is O=C(NC(c1ccccn1)C1CCN(Cc2cccc(F)c2F)CC1)C1CC1. The van der Waals surface area contributed by atoms with Crippen LogP contribution < -0.4 is 5.32 Å². The molecule has 1 aromatic heterocycles. The Morgan fingerprint density at radius 1 is 1.11 bits per heavy atom. The quantitative estimate of drug-likeness (QED) is 0.822. The molecular weight excluding hydrogens is 360 g/mol. The lowest BCUT2D eigenvalue weighted by Crippen LogP contribution is -2.41. The molecule has 1 aliphatic carbocycles. The number of aromatic nitrogens is 1. The van der Waals surface area contributed by atoms with Crippen molar-refractivity contribution in [3.8, 4) is 0 Å². The van der Waals surface area contributed by atoms with Crippen molar-refractivity contribution >= 4 is 5.91 Å². The van der Waals surface area contributed by atoms with Crippen LogP contribution in [0.15, 0.2) is 42.6 Å². The number of likely N-dealkylation sites (tertiary alicyclic amines) is 1. The van der Waals surface area contributed by atoms with Gasteiger partial charge in [0, 0.05) is 24.2 Å². The fraction of sp³-hybridized carbons (Fsp3) is 0.455. The largest absolute Gasteiger partial charge is 0.347 e. The van der Waals surface area contributed by atoms with Crippen molar-refractivity contribution in [2.24, 2.45) is 11.8 Å². The minimum absolute atomic E-state index is 0.0950. The Morgan fingerprint density at radius 2 is 1.89 bits per heavy atom. The number of hydrogen-bond acceptors (Lipinski definition) is 3. The van der Waals surface area contributed by atoms with E-state index in [2.05, 4.69) is 15.2 Å². The maximum absolute atomic E-state index is 14.0. The summed E-state index contributed by atoms with van der Waals surface area (Å²) in [5.41, 5.74) is 1.29. The summed E-state index contributed by atoms with van der Waals surface area (Å²) in [6.45, 7) is 1.96. The van der Waals surface area contributed by atoms with Crippen molar-refractivity contribution in [1.29, 1.82) is 0 Å². The number of amides is 1. The molecule has 1 saturated carbocycles. The van der Waals surface area contributed by atoms with E-state index in [0.29, 0.717) is 12.1 Å². The predicted molar refractivity (Wildman–Crippen MR) is 102 cm³/mol. The van der Waals surface area contributed by atoms with E-state index in [4.69, 9.17) is 0 Å². The lowest BCUT2D eigenvalue weighted by atomic mass is 9.87. The van der Waals surface area contributed by atoms with Crippen molar-refractivity contribution in [2.45, 2.75) is 38.3 Å². The van der Waals surface area contributed by atoms with Crippen molar-refractivity contribution in [3.63, 3.8) is 0 Å². The standard InChI is InChI=1S/C22H25F2N3O/c23-18-5-3-4-17(20(18)24)14-27-12-9-15(10-13-27)21(19-6-1-2-11-25-19)26-22(28)16-7-8-16/h1-6,11,15-16,21H,7-10,12-14H2,(H,26,28). The number of carbonyl (C=O) groups excluding carboxylic acids is 1. The number of pyridine rings is 1. The van der Waals surface area contributed by atoms with E-state index in [-0.39, 0.29) is 23.8 Å². The summed E-state index contributed by atoms with van der Waals surface area (Å²) in [5, 5.41) is 3.22. The minimum atomic E-state index is -0.801. The molecule has 4 rings (SSSR count). The number of halogens is 2. The van der Waals surface area contributed by atoms with Gasteiger partial charge < -0.3 is 5.32 Å². The number of rotatable bonds is 6. The first-order valence-corrected chi connectivity index (χ1v) is 9.98. The van der Waals surface area contributed by atoms with Gasteiger partial charge in [-0.05, 0) is 62.9 Å². The van der Waals surface area contributed by atoms with Crippen LogP contribution >= 0.6 is 0 Å². The van der Waals surface area contributed by atoms with Crippen molar-refractivity contribution in [3.05, 3.63) is 65.5 Å². The minimum Gasteiger partial charge on any atom is -0.347 e. The molecular formula is C22H25F2N3O. The van der Waals surface area contributed by atoms with E-state index in [1.165, 1.54) is 0 Å². The number of hydrogen-bond donors (Lipinski definition) is 1. The molecule has 0 bridgehead atoms. The number of carbonyl (C=O) groups is 1. The van der Waals surface area contributed by atoms with E-state index in [1.54, 1.807) is 18.3 Å². The second-order valence-electron chi connectivity index (χ2n) is 7.84. The van der Waals surface area contributed by atoms with Gasteiger partial charge in [-0.15, -0.1) is 0 Å². The molecule has 1 amide bonds. The van der Waals surface area contributed by atoms with Crippen LogP contribution in [0.5, 0.6) is 0 Å². The van der Waals surface area contributed by atoms with Crippen LogP contribution in [0.1, 0.15) is 43.0 Å². The first-order valence-electron chi connectivity index (χ1n) is 9.98. The molecule has 0 spiro atoms. The molecule has 6 heteroatoms. The van der Waals surface area contributed by atoms with E-state index in [0.717, 1.165) is 50.5 Å². The summed E-state index contributed by atoms with van der Waals surface area (Å²) in [5.74, 6) is -0.994. The Balaban J connectivity index is 1.41. The third-order valence-electron chi connectivity index (χ3n) is 5.78. The molecule has 1 saturated heterocycles. The maximum atomic E-state index is 14.0. The fourth-order valence-electron chi connectivity index (χ4n) is 3.97. The van der Waals surface area contributed by atoms with E-state index in [1.807, 2.05) is 18.2 Å². The second-order valence-corrected chi connectivity index (χ2v) is 7.84. The molecule has 28 heavy (non-hydrogen) atoms. The van der Waals surface area contributed by atoms with Crippen molar-refractivity contribution < 1.29 is 13.6 Å². The van der Waals surface area contributed by atoms with Gasteiger partial charge in [-0.1, -0.05) is 18.2 Å². The molecule has 1 aromatic carbocycles. The summed E-state index contributed by atoms with van der Waals surface area (Å²) in [6.07, 6.45) is 5.45. The average Bonchev–Trinajstić information content (AvgIpc) is 3.56. The third-order valence-corrected chi connectivity index (χ3v) is 5.78. The van der Waals surface area contributed by atoms with Crippen molar-refractivity contribution in [1.82, 2.24) is 15.2 Å².